The Morgan fingerprint density at radius 3 is 2.52 bits per heavy atom. The van der Waals surface area contributed by atoms with Crippen molar-refractivity contribution in [1.82, 2.24) is 25.1 Å². The van der Waals surface area contributed by atoms with Crippen LogP contribution in [0.5, 0.6) is 0 Å². The minimum absolute atomic E-state index is 0.0303. The molecule has 0 spiro atoms. The second-order valence-corrected chi connectivity index (χ2v) is 9.41. The number of piperazine rings is 1. The maximum absolute atomic E-state index is 5.88. The molecule has 2 aromatic carbocycles. The Morgan fingerprint density at radius 2 is 1.79 bits per heavy atom. The molecule has 2 atom stereocenters. The summed E-state index contributed by atoms with van der Waals surface area (Å²) in [4.78, 5) is 5.05. The van der Waals surface area contributed by atoms with E-state index in [9.17, 15) is 0 Å². The molecule has 0 saturated carbocycles. The molecule has 5 rings (SSSR count). The molecule has 174 valence electrons. The normalized spacial score (nSPS) is 20.3. The highest BCUT2D eigenvalue weighted by Crippen LogP contribution is 2.31. The molecular weight excluding hydrogens is 412 g/mol. The molecule has 0 bridgehead atoms. The minimum atomic E-state index is 0.0303. The van der Waals surface area contributed by atoms with Crippen molar-refractivity contribution in [1.29, 1.82) is 0 Å². The molecule has 0 unspecified atom stereocenters. The van der Waals surface area contributed by atoms with Gasteiger partial charge in [-0.2, -0.15) is 0 Å². The highest BCUT2D eigenvalue weighted by Gasteiger charge is 2.32. The van der Waals surface area contributed by atoms with Crippen LogP contribution >= 0.6 is 0 Å². The summed E-state index contributed by atoms with van der Waals surface area (Å²) in [7, 11) is 0. The standard InChI is InChI=1S/C26H34N6O/c1-19-9-11-22(12-10-19)25(26-27-28-29-32(26)18-23-7-5-17-33-23)31-15-13-30(14-16-31)24-8-4-6-20(2)21(24)3/h4,6,8-12,23,25H,5,7,13-18H2,1-3H3/t23-,25+/m0/s1. The van der Waals surface area contributed by atoms with Crippen molar-refractivity contribution in [3.63, 3.8) is 0 Å². The lowest BCUT2D eigenvalue weighted by atomic mass is 10.0. The number of benzene rings is 2. The fraction of sp³-hybridized carbons (Fsp3) is 0.500. The highest BCUT2D eigenvalue weighted by molar-refractivity contribution is 5.56. The summed E-state index contributed by atoms with van der Waals surface area (Å²) in [6, 6.07) is 15.4. The van der Waals surface area contributed by atoms with Crippen LogP contribution in [0.3, 0.4) is 0 Å². The van der Waals surface area contributed by atoms with E-state index in [-0.39, 0.29) is 12.1 Å². The fourth-order valence-electron chi connectivity index (χ4n) is 5.09. The van der Waals surface area contributed by atoms with Gasteiger partial charge in [-0.25, -0.2) is 4.68 Å². The first-order valence-electron chi connectivity index (χ1n) is 12.1. The van der Waals surface area contributed by atoms with E-state index in [1.54, 1.807) is 0 Å². The number of aryl methyl sites for hydroxylation is 2. The van der Waals surface area contributed by atoms with Gasteiger partial charge in [0.05, 0.1) is 18.7 Å². The number of anilines is 1. The quantitative estimate of drug-likeness (QED) is 0.576. The van der Waals surface area contributed by atoms with Crippen molar-refractivity contribution in [3.8, 4) is 0 Å². The third-order valence-electron chi connectivity index (χ3n) is 7.19. The lowest BCUT2D eigenvalue weighted by Crippen LogP contribution is -2.48. The summed E-state index contributed by atoms with van der Waals surface area (Å²) in [5.41, 5.74) is 6.58. The Bertz CT molecular complexity index is 1060. The largest absolute Gasteiger partial charge is 0.376 e. The van der Waals surface area contributed by atoms with Crippen LogP contribution in [-0.2, 0) is 11.3 Å². The average molecular weight is 447 g/mol. The summed E-state index contributed by atoms with van der Waals surface area (Å²) in [6.07, 6.45) is 2.39. The number of nitrogens with zero attached hydrogens (tertiary/aromatic N) is 6. The number of ether oxygens (including phenoxy) is 1. The van der Waals surface area contributed by atoms with Gasteiger partial charge < -0.3 is 9.64 Å². The molecule has 3 aromatic rings. The molecular formula is C26H34N6O. The maximum Gasteiger partial charge on any atom is 0.173 e. The summed E-state index contributed by atoms with van der Waals surface area (Å²) in [6.45, 7) is 12.0. The van der Waals surface area contributed by atoms with Crippen molar-refractivity contribution < 1.29 is 4.74 Å². The van der Waals surface area contributed by atoms with Gasteiger partial charge in [0.25, 0.3) is 0 Å². The molecule has 33 heavy (non-hydrogen) atoms. The topological polar surface area (TPSA) is 59.3 Å². The minimum Gasteiger partial charge on any atom is -0.376 e. The maximum atomic E-state index is 5.88. The van der Waals surface area contributed by atoms with Crippen molar-refractivity contribution >= 4 is 5.69 Å². The molecule has 3 heterocycles. The SMILES string of the molecule is Cc1ccc([C@H](c2nnnn2C[C@@H]2CCCO2)N2CCN(c3cccc(C)c3C)CC2)cc1. The summed E-state index contributed by atoms with van der Waals surface area (Å²) in [5.74, 6) is 0.912. The zero-order valence-electron chi connectivity index (χ0n) is 19.9. The highest BCUT2D eigenvalue weighted by atomic mass is 16.5. The van der Waals surface area contributed by atoms with E-state index in [0.717, 1.165) is 51.5 Å². The molecule has 0 amide bonds. The third-order valence-corrected chi connectivity index (χ3v) is 7.19. The van der Waals surface area contributed by atoms with E-state index >= 15 is 0 Å². The molecule has 7 heteroatoms. The van der Waals surface area contributed by atoms with Gasteiger partial charge in [-0.1, -0.05) is 42.0 Å². The molecule has 0 aliphatic carbocycles. The molecule has 7 nitrogen and oxygen atoms in total. The monoisotopic (exact) mass is 446 g/mol. The number of tetrazole rings is 1. The lowest BCUT2D eigenvalue weighted by Gasteiger charge is -2.40. The lowest BCUT2D eigenvalue weighted by molar-refractivity contribution is 0.0906. The van der Waals surface area contributed by atoms with Gasteiger partial charge in [0.2, 0.25) is 0 Å². The predicted molar refractivity (Wildman–Crippen MR) is 130 cm³/mol. The van der Waals surface area contributed by atoms with Gasteiger partial charge in [0, 0.05) is 38.5 Å². The van der Waals surface area contributed by atoms with E-state index < -0.39 is 0 Å². The second-order valence-electron chi connectivity index (χ2n) is 9.41. The molecule has 2 saturated heterocycles. The predicted octanol–water partition coefficient (Wildman–Crippen LogP) is 3.69. The summed E-state index contributed by atoms with van der Waals surface area (Å²) < 4.78 is 7.84. The van der Waals surface area contributed by atoms with Crippen LogP contribution < -0.4 is 4.90 Å². The van der Waals surface area contributed by atoms with Crippen LogP contribution in [0.4, 0.5) is 5.69 Å². The van der Waals surface area contributed by atoms with Gasteiger partial charge in [-0.15, -0.1) is 5.10 Å². The van der Waals surface area contributed by atoms with Crippen molar-refractivity contribution in [2.75, 3.05) is 37.7 Å². The van der Waals surface area contributed by atoms with E-state index in [1.165, 1.54) is 27.9 Å². The van der Waals surface area contributed by atoms with Crippen LogP contribution in [0.15, 0.2) is 42.5 Å². The molecule has 2 aliphatic rings. The van der Waals surface area contributed by atoms with Crippen LogP contribution in [0.25, 0.3) is 0 Å². The van der Waals surface area contributed by atoms with Crippen LogP contribution in [-0.4, -0.2) is 64.0 Å². The van der Waals surface area contributed by atoms with Crippen molar-refractivity contribution in [2.45, 2.75) is 52.3 Å². The molecule has 2 fully saturated rings. The Labute approximate surface area is 196 Å². The second kappa shape index (κ2) is 9.61. The number of hydrogen-bond donors (Lipinski definition) is 0. The zero-order chi connectivity index (χ0) is 22.8. The van der Waals surface area contributed by atoms with E-state index in [2.05, 4.69) is 88.6 Å². The number of aromatic nitrogens is 4. The van der Waals surface area contributed by atoms with Gasteiger partial charge in [-0.05, 0) is 66.8 Å². The molecule has 0 radical (unpaired) electrons. The smallest absolute Gasteiger partial charge is 0.173 e. The van der Waals surface area contributed by atoms with Gasteiger partial charge in [-0.3, -0.25) is 4.90 Å². The van der Waals surface area contributed by atoms with E-state index in [0.29, 0.717) is 6.54 Å². The average Bonchev–Trinajstić information content (AvgIpc) is 3.51. The van der Waals surface area contributed by atoms with Gasteiger partial charge in [0.1, 0.15) is 0 Å². The first kappa shape index (κ1) is 22.0. The molecule has 2 aliphatic heterocycles. The Morgan fingerprint density at radius 1 is 1.00 bits per heavy atom. The third kappa shape index (κ3) is 4.66. The fourth-order valence-corrected chi connectivity index (χ4v) is 5.09. The first-order chi connectivity index (χ1) is 16.1. The zero-order valence-corrected chi connectivity index (χ0v) is 19.9. The van der Waals surface area contributed by atoms with E-state index in [4.69, 9.17) is 4.74 Å². The summed E-state index contributed by atoms with van der Waals surface area (Å²) >= 11 is 0. The van der Waals surface area contributed by atoms with Crippen molar-refractivity contribution in [3.05, 3.63) is 70.5 Å². The Hall–Kier alpha value is -2.77. The van der Waals surface area contributed by atoms with Crippen LogP contribution in [0.1, 0.15) is 47.0 Å². The van der Waals surface area contributed by atoms with Crippen LogP contribution in [0.2, 0.25) is 0 Å². The molecule has 1 aromatic heterocycles. The van der Waals surface area contributed by atoms with Crippen molar-refractivity contribution in [2.24, 2.45) is 0 Å². The number of hydrogen-bond acceptors (Lipinski definition) is 6. The van der Waals surface area contributed by atoms with E-state index in [1.807, 2.05) is 4.68 Å². The van der Waals surface area contributed by atoms with Gasteiger partial charge in [0.15, 0.2) is 5.82 Å². The summed E-state index contributed by atoms with van der Waals surface area (Å²) in [5, 5.41) is 13.0. The number of rotatable bonds is 6. The van der Waals surface area contributed by atoms with Crippen LogP contribution in [0, 0.1) is 20.8 Å². The Kier molecular flexibility index (Phi) is 6.42. The Balaban J connectivity index is 1.40. The van der Waals surface area contributed by atoms with Gasteiger partial charge >= 0.3 is 0 Å². The molecule has 0 N–H and O–H groups in total. The first-order valence-corrected chi connectivity index (χ1v) is 12.1.